The molecule has 2 aromatic heterocycles. The second-order valence-electron chi connectivity index (χ2n) is 8.36. The van der Waals surface area contributed by atoms with Gasteiger partial charge in [-0.15, -0.1) is 11.3 Å². The number of aryl methyl sites for hydroxylation is 2. The summed E-state index contributed by atoms with van der Waals surface area (Å²) in [6, 6.07) is 0. The van der Waals surface area contributed by atoms with Gasteiger partial charge in [-0.3, -0.25) is 14.2 Å². The van der Waals surface area contributed by atoms with Gasteiger partial charge in [0.25, 0.3) is 5.56 Å². The Bertz CT molecular complexity index is 952. The van der Waals surface area contributed by atoms with Crippen LogP contribution in [-0.2, 0) is 33.7 Å². The highest BCUT2D eigenvalue weighted by Gasteiger charge is 2.26. The minimum Gasteiger partial charge on any atom is -0.459 e. The van der Waals surface area contributed by atoms with Crippen molar-refractivity contribution in [2.45, 2.75) is 76.3 Å². The quantitative estimate of drug-likeness (QED) is 0.417. The molecule has 0 saturated carbocycles. The van der Waals surface area contributed by atoms with Crippen molar-refractivity contribution >= 4 is 39.3 Å². The minimum atomic E-state index is -0.527. The molecular formula is C20H26N2O4S2. The van der Waals surface area contributed by atoms with Crippen LogP contribution in [0.1, 0.15) is 50.5 Å². The van der Waals surface area contributed by atoms with Gasteiger partial charge in [-0.25, -0.2) is 4.98 Å². The topological polar surface area (TPSA) is 70.4 Å². The highest BCUT2D eigenvalue weighted by atomic mass is 32.2. The normalized spacial score (nSPS) is 19.3. The van der Waals surface area contributed by atoms with E-state index >= 15 is 0 Å². The molecule has 0 bridgehead atoms. The number of hydrogen-bond donors (Lipinski definition) is 0. The van der Waals surface area contributed by atoms with Gasteiger partial charge in [0.15, 0.2) is 5.16 Å². The van der Waals surface area contributed by atoms with E-state index in [1.54, 1.807) is 15.9 Å². The van der Waals surface area contributed by atoms with E-state index in [0.717, 1.165) is 48.9 Å². The zero-order chi connectivity index (χ0) is 19.9. The lowest BCUT2D eigenvalue weighted by Crippen LogP contribution is -2.29. The summed E-state index contributed by atoms with van der Waals surface area (Å²) in [6.07, 6.45) is 5.09. The van der Waals surface area contributed by atoms with Crippen LogP contribution in [0.15, 0.2) is 9.95 Å². The highest BCUT2D eigenvalue weighted by molar-refractivity contribution is 7.99. The molecule has 3 heterocycles. The number of thiophene rings is 1. The molecule has 0 aromatic carbocycles. The zero-order valence-electron chi connectivity index (χ0n) is 16.6. The van der Waals surface area contributed by atoms with E-state index in [1.165, 1.54) is 22.2 Å². The van der Waals surface area contributed by atoms with E-state index in [0.29, 0.717) is 11.7 Å². The first-order valence-corrected chi connectivity index (χ1v) is 11.6. The summed E-state index contributed by atoms with van der Waals surface area (Å²) in [5, 5.41) is 1.36. The lowest BCUT2D eigenvalue weighted by atomic mass is 10.2. The maximum absolute atomic E-state index is 13.4. The van der Waals surface area contributed by atoms with Crippen molar-refractivity contribution < 1.29 is 14.3 Å². The van der Waals surface area contributed by atoms with E-state index in [9.17, 15) is 9.59 Å². The summed E-state index contributed by atoms with van der Waals surface area (Å²) in [4.78, 5) is 32.4. The Balaban J connectivity index is 1.67. The van der Waals surface area contributed by atoms with Gasteiger partial charge in [-0.1, -0.05) is 11.8 Å². The summed E-state index contributed by atoms with van der Waals surface area (Å²) in [5.74, 6) is -0.171. The fraction of sp³-hybridized carbons (Fsp3) is 0.650. The van der Waals surface area contributed by atoms with E-state index in [4.69, 9.17) is 14.5 Å². The van der Waals surface area contributed by atoms with E-state index in [1.807, 2.05) is 20.8 Å². The number of rotatable bonds is 5. The second kappa shape index (κ2) is 7.80. The van der Waals surface area contributed by atoms with Crippen molar-refractivity contribution in [1.29, 1.82) is 0 Å². The molecule has 4 rings (SSSR count). The van der Waals surface area contributed by atoms with Crippen molar-refractivity contribution in [1.82, 2.24) is 9.55 Å². The molecule has 1 saturated heterocycles. The molecule has 0 spiro atoms. The molecule has 1 atom stereocenters. The van der Waals surface area contributed by atoms with Gasteiger partial charge in [0.05, 0.1) is 23.8 Å². The van der Waals surface area contributed by atoms with Crippen molar-refractivity contribution in [3.63, 3.8) is 0 Å². The first-order chi connectivity index (χ1) is 13.3. The average molecular weight is 423 g/mol. The van der Waals surface area contributed by atoms with E-state index in [2.05, 4.69) is 0 Å². The van der Waals surface area contributed by atoms with E-state index < -0.39 is 5.60 Å². The van der Waals surface area contributed by atoms with Gasteiger partial charge >= 0.3 is 5.97 Å². The SMILES string of the molecule is CC(C)(C)OC(=O)CSc1nc2sc3c(c2c(=O)n1C[C@H]1CCCO1)CCC3. The molecule has 1 fully saturated rings. The molecule has 28 heavy (non-hydrogen) atoms. The Kier molecular flexibility index (Phi) is 5.55. The molecule has 0 unspecified atom stereocenters. The summed E-state index contributed by atoms with van der Waals surface area (Å²) < 4.78 is 12.9. The third-order valence-electron chi connectivity index (χ3n) is 4.94. The average Bonchev–Trinajstić information content (AvgIpc) is 3.31. The summed E-state index contributed by atoms with van der Waals surface area (Å²) >= 11 is 2.90. The van der Waals surface area contributed by atoms with Crippen LogP contribution in [0.3, 0.4) is 0 Å². The fourth-order valence-corrected chi connectivity index (χ4v) is 5.90. The maximum Gasteiger partial charge on any atom is 0.316 e. The van der Waals surface area contributed by atoms with Gasteiger partial charge in [0.1, 0.15) is 10.4 Å². The first kappa shape index (κ1) is 19.9. The summed E-state index contributed by atoms with van der Waals surface area (Å²) in [5.41, 5.74) is 0.662. The molecule has 0 radical (unpaired) electrons. The molecule has 2 aliphatic rings. The predicted octanol–water partition coefficient (Wildman–Crippen LogP) is 3.56. The molecule has 2 aromatic rings. The molecular weight excluding hydrogens is 396 g/mol. The van der Waals surface area contributed by atoms with Gasteiger partial charge in [-0.05, 0) is 58.4 Å². The highest BCUT2D eigenvalue weighted by Crippen LogP contribution is 2.35. The van der Waals surface area contributed by atoms with Gasteiger partial charge in [-0.2, -0.15) is 0 Å². The maximum atomic E-state index is 13.4. The Labute approximate surface area is 172 Å². The molecule has 0 amide bonds. The third kappa shape index (κ3) is 4.14. The fourth-order valence-electron chi connectivity index (χ4n) is 3.82. The second-order valence-corrected chi connectivity index (χ2v) is 10.4. The Hall–Kier alpha value is -1.38. The van der Waals surface area contributed by atoms with Crippen LogP contribution < -0.4 is 5.56 Å². The van der Waals surface area contributed by atoms with Gasteiger partial charge < -0.3 is 9.47 Å². The van der Waals surface area contributed by atoms with Crippen LogP contribution in [0.25, 0.3) is 10.2 Å². The van der Waals surface area contributed by atoms with Crippen molar-refractivity contribution in [3.8, 4) is 0 Å². The largest absolute Gasteiger partial charge is 0.459 e. The van der Waals surface area contributed by atoms with Crippen molar-refractivity contribution in [3.05, 3.63) is 20.8 Å². The number of fused-ring (bicyclic) bond motifs is 3. The minimum absolute atomic E-state index is 0.00610. The third-order valence-corrected chi connectivity index (χ3v) is 7.07. The van der Waals surface area contributed by atoms with Crippen LogP contribution in [0.4, 0.5) is 0 Å². The summed E-state index contributed by atoms with van der Waals surface area (Å²) in [6.45, 7) is 6.77. The monoisotopic (exact) mass is 422 g/mol. The number of aromatic nitrogens is 2. The molecule has 0 N–H and O–H groups in total. The first-order valence-electron chi connectivity index (χ1n) is 9.83. The van der Waals surface area contributed by atoms with E-state index in [-0.39, 0.29) is 23.4 Å². The smallest absolute Gasteiger partial charge is 0.316 e. The van der Waals surface area contributed by atoms with Crippen LogP contribution in [0.5, 0.6) is 0 Å². The number of ether oxygens (including phenoxy) is 2. The Morgan fingerprint density at radius 1 is 1.36 bits per heavy atom. The standard InChI is InChI=1S/C20H26N2O4S2/c1-20(2,3)26-15(23)11-27-19-21-17-16(13-7-4-8-14(13)28-17)18(24)22(19)10-12-6-5-9-25-12/h12H,4-11H2,1-3H3/t12-/m1/s1. The Morgan fingerprint density at radius 3 is 2.89 bits per heavy atom. The lowest BCUT2D eigenvalue weighted by Gasteiger charge is -2.20. The molecule has 6 nitrogen and oxygen atoms in total. The molecule has 152 valence electrons. The predicted molar refractivity (Wildman–Crippen MR) is 111 cm³/mol. The van der Waals surface area contributed by atoms with Crippen LogP contribution in [-0.4, -0.2) is 39.6 Å². The number of hydrogen-bond acceptors (Lipinski definition) is 7. The number of thioether (sulfide) groups is 1. The summed E-state index contributed by atoms with van der Waals surface area (Å²) in [7, 11) is 0. The van der Waals surface area contributed by atoms with Crippen LogP contribution in [0, 0.1) is 0 Å². The molecule has 1 aliphatic carbocycles. The van der Waals surface area contributed by atoms with Crippen molar-refractivity contribution in [2.75, 3.05) is 12.4 Å². The van der Waals surface area contributed by atoms with Crippen molar-refractivity contribution in [2.24, 2.45) is 0 Å². The van der Waals surface area contributed by atoms with Gasteiger partial charge in [0.2, 0.25) is 0 Å². The Morgan fingerprint density at radius 2 is 2.18 bits per heavy atom. The van der Waals surface area contributed by atoms with Crippen LogP contribution in [0.2, 0.25) is 0 Å². The van der Waals surface area contributed by atoms with Gasteiger partial charge in [0, 0.05) is 11.5 Å². The number of esters is 1. The number of carbonyl (C=O) groups excluding carboxylic acids is 1. The molecule has 8 heteroatoms. The van der Waals surface area contributed by atoms with Crippen LogP contribution >= 0.6 is 23.1 Å². The zero-order valence-corrected chi connectivity index (χ0v) is 18.2. The number of nitrogens with zero attached hydrogens (tertiary/aromatic N) is 2. The number of carbonyl (C=O) groups is 1. The molecule has 1 aliphatic heterocycles. The lowest BCUT2D eigenvalue weighted by molar-refractivity contribution is -0.151.